The lowest BCUT2D eigenvalue weighted by molar-refractivity contribution is 0.298. The lowest BCUT2D eigenvalue weighted by Crippen LogP contribution is -2.48. The van der Waals surface area contributed by atoms with Gasteiger partial charge in [0.05, 0.1) is 12.1 Å². The molecule has 0 aromatic heterocycles. The summed E-state index contributed by atoms with van der Waals surface area (Å²) in [5.41, 5.74) is 3.09. The molecule has 1 unspecified atom stereocenters. The first-order chi connectivity index (χ1) is 14.8. The van der Waals surface area contributed by atoms with Gasteiger partial charge < -0.3 is 10.4 Å². The molecule has 3 N–H and O–H groups in total. The molecule has 156 valence electrons. The van der Waals surface area contributed by atoms with Crippen LogP contribution in [0.4, 0.5) is 0 Å². The van der Waals surface area contributed by atoms with Crippen LogP contribution in [0.25, 0.3) is 0 Å². The second-order valence-electron chi connectivity index (χ2n) is 6.82. The first kappa shape index (κ1) is 23.1. The molecule has 0 saturated heterocycles. The average molecular weight is 401 g/mol. The molecule has 0 fully saturated rings. The molecule has 0 saturated carbocycles. The van der Waals surface area contributed by atoms with Gasteiger partial charge in [-0.05, 0) is 29.8 Å². The first-order valence-electron chi connectivity index (χ1n) is 10.2. The molecule has 3 nitrogen and oxygen atoms in total. The molecule has 0 amide bonds. The van der Waals surface area contributed by atoms with Gasteiger partial charge in [0.25, 0.3) is 0 Å². The van der Waals surface area contributed by atoms with Crippen LogP contribution in [-0.4, -0.2) is 24.3 Å². The normalized spacial score (nSPS) is 12.1. The molecule has 3 aromatic rings. The zero-order chi connectivity index (χ0) is 21.7. The van der Waals surface area contributed by atoms with E-state index in [9.17, 15) is 0 Å². The minimum atomic E-state index is -0.482. The zero-order valence-corrected chi connectivity index (χ0v) is 17.7. The van der Waals surface area contributed by atoms with Crippen molar-refractivity contribution in [3.05, 3.63) is 133 Å². The lowest BCUT2D eigenvalue weighted by atomic mass is 9.76. The second kappa shape index (κ2) is 12.4. The van der Waals surface area contributed by atoms with Gasteiger partial charge in [0.1, 0.15) is 0 Å². The van der Waals surface area contributed by atoms with Crippen LogP contribution in [-0.2, 0) is 5.54 Å². The van der Waals surface area contributed by atoms with Gasteiger partial charge in [0, 0.05) is 12.6 Å². The highest BCUT2D eigenvalue weighted by atomic mass is 16.3. The fourth-order valence-corrected chi connectivity index (χ4v) is 3.56. The van der Waals surface area contributed by atoms with Crippen molar-refractivity contribution in [1.29, 1.82) is 0 Å². The van der Waals surface area contributed by atoms with Crippen molar-refractivity contribution >= 4 is 0 Å². The van der Waals surface area contributed by atoms with Gasteiger partial charge in [-0.1, -0.05) is 97.1 Å². The topological polar surface area (TPSA) is 44.3 Å². The fourth-order valence-electron chi connectivity index (χ4n) is 3.56. The highest BCUT2D eigenvalue weighted by molar-refractivity contribution is 5.49. The molecule has 0 radical (unpaired) electrons. The van der Waals surface area contributed by atoms with Crippen LogP contribution in [0.3, 0.4) is 0 Å². The van der Waals surface area contributed by atoms with Crippen molar-refractivity contribution in [2.75, 3.05) is 13.2 Å². The van der Waals surface area contributed by atoms with Gasteiger partial charge in [-0.2, -0.15) is 0 Å². The summed E-state index contributed by atoms with van der Waals surface area (Å²) in [6.07, 6.45) is 3.98. The van der Waals surface area contributed by atoms with E-state index < -0.39 is 5.54 Å². The van der Waals surface area contributed by atoms with E-state index in [-0.39, 0.29) is 12.6 Å². The smallest absolute Gasteiger partial charge is 0.0952 e. The standard InChI is InChI=1S/C25H28N2O.C2H4/c1-21(17-18-26-19-20-28)27-25(22-11-5-2-6-12-22,23-13-7-3-8-14-23)24-15-9-4-10-16-24;1-2/h2-18,21,26-28H,19-20H2,1H3;1-2H2/b18-17+;. The maximum absolute atomic E-state index is 8.95. The Morgan fingerprint density at radius 1 is 0.800 bits per heavy atom. The molecule has 3 aromatic carbocycles. The first-order valence-corrected chi connectivity index (χ1v) is 10.2. The Kier molecular flexibility index (Phi) is 9.59. The third-order valence-electron chi connectivity index (χ3n) is 4.82. The van der Waals surface area contributed by atoms with Gasteiger partial charge in [0.2, 0.25) is 0 Å². The van der Waals surface area contributed by atoms with E-state index in [1.165, 1.54) is 16.7 Å². The number of aliphatic hydroxyl groups is 1. The number of nitrogens with one attached hydrogen (secondary N) is 2. The summed E-state index contributed by atoms with van der Waals surface area (Å²) in [6, 6.07) is 31.8. The summed E-state index contributed by atoms with van der Waals surface area (Å²) in [5, 5.41) is 15.9. The Bertz CT molecular complexity index is 766. The number of rotatable bonds is 9. The van der Waals surface area contributed by atoms with Gasteiger partial charge >= 0.3 is 0 Å². The van der Waals surface area contributed by atoms with Crippen LogP contribution in [0, 0.1) is 0 Å². The van der Waals surface area contributed by atoms with Gasteiger partial charge in [-0.15, -0.1) is 13.2 Å². The van der Waals surface area contributed by atoms with Crippen LogP contribution in [0.1, 0.15) is 23.6 Å². The molecular weight excluding hydrogens is 368 g/mol. The van der Waals surface area contributed by atoms with Gasteiger partial charge in [-0.3, -0.25) is 5.32 Å². The zero-order valence-electron chi connectivity index (χ0n) is 17.7. The summed E-state index contributed by atoms with van der Waals surface area (Å²) < 4.78 is 0. The Morgan fingerprint density at radius 3 is 1.57 bits per heavy atom. The van der Waals surface area contributed by atoms with Crippen LogP contribution < -0.4 is 10.6 Å². The third kappa shape index (κ3) is 5.69. The molecule has 3 rings (SSSR count). The van der Waals surface area contributed by atoms with E-state index in [0.29, 0.717) is 6.54 Å². The quantitative estimate of drug-likeness (QED) is 0.273. The van der Waals surface area contributed by atoms with Crippen LogP contribution >= 0.6 is 0 Å². The molecular formula is C27H32N2O. The molecule has 0 spiro atoms. The molecule has 0 aliphatic carbocycles. The van der Waals surface area contributed by atoms with E-state index in [4.69, 9.17) is 5.11 Å². The molecule has 0 aliphatic heterocycles. The summed E-state index contributed by atoms with van der Waals surface area (Å²) in [4.78, 5) is 0. The molecule has 0 aliphatic rings. The molecule has 1 atom stereocenters. The maximum atomic E-state index is 8.95. The van der Waals surface area contributed by atoms with Gasteiger partial charge in [-0.25, -0.2) is 0 Å². The van der Waals surface area contributed by atoms with Crippen LogP contribution in [0.2, 0.25) is 0 Å². The van der Waals surface area contributed by atoms with E-state index >= 15 is 0 Å². The third-order valence-corrected chi connectivity index (χ3v) is 4.82. The van der Waals surface area contributed by atoms with E-state index in [0.717, 1.165) is 0 Å². The predicted octanol–water partition coefficient (Wildman–Crippen LogP) is 4.85. The van der Waals surface area contributed by atoms with E-state index in [1.807, 2.05) is 24.4 Å². The second-order valence-corrected chi connectivity index (χ2v) is 6.82. The molecule has 30 heavy (non-hydrogen) atoms. The largest absolute Gasteiger partial charge is 0.395 e. The van der Waals surface area contributed by atoms with Crippen molar-refractivity contribution in [2.45, 2.75) is 18.5 Å². The van der Waals surface area contributed by atoms with Crippen molar-refractivity contribution in [3.8, 4) is 0 Å². The average Bonchev–Trinajstić information content (AvgIpc) is 2.83. The van der Waals surface area contributed by atoms with Crippen molar-refractivity contribution in [2.24, 2.45) is 0 Å². The van der Waals surface area contributed by atoms with E-state index in [2.05, 4.69) is 110 Å². The monoisotopic (exact) mass is 400 g/mol. The minimum Gasteiger partial charge on any atom is -0.395 e. The Morgan fingerprint density at radius 2 is 1.20 bits per heavy atom. The van der Waals surface area contributed by atoms with Crippen molar-refractivity contribution < 1.29 is 5.11 Å². The molecule has 0 heterocycles. The number of hydrogen-bond donors (Lipinski definition) is 3. The maximum Gasteiger partial charge on any atom is 0.0952 e. The van der Waals surface area contributed by atoms with Crippen molar-refractivity contribution in [3.63, 3.8) is 0 Å². The van der Waals surface area contributed by atoms with Crippen LogP contribution in [0.5, 0.6) is 0 Å². The summed E-state index contributed by atoms with van der Waals surface area (Å²) >= 11 is 0. The Labute approximate surface area is 180 Å². The SMILES string of the molecule is C=C.CC(/C=C/NCCO)NC(c1ccccc1)(c1ccccc1)c1ccccc1. The predicted molar refractivity (Wildman–Crippen MR) is 127 cm³/mol. The minimum absolute atomic E-state index is 0.0896. The number of hydrogen-bond acceptors (Lipinski definition) is 3. The highest BCUT2D eigenvalue weighted by Gasteiger charge is 2.36. The van der Waals surface area contributed by atoms with Gasteiger partial charge in [0.15, 0.2) is 0 Å². The molecule has 0 bridgehead atoms. The molecule has 3 heteroatoms. The van der Waals surface area contributed by atoms with Crippen molar-refractivity contribution in [1.82, 2.24) is 10.6 Å². The number of aliphatic hydroxyl groups excluding tert-OH is 1. The Hall–Kier alpha value is -3.14. The van der Waals surface area contributed by atoms with Crippen LogP contribution in [0.15, 0.2) is 116 Å². The summed E-state index contributed by atoms with van der Waals surface area (Å²) in [7, 11) is 0. The summed E-state index contributed by atoms with van der Waals surface area (Å²) in [5.74, 6) is 0. The summed E-state index contributed by atoms with van der Waals surface area (Å²) in [6.45, 7) is 8.80. The fraction of sp³-hybridized carbons (Fsp3) is 0.185. The number of benzene rings is 3. The lowest BCUT2D eigenvalue weighted by Gasteiger charge is -2.39. The van der Waals surface area contributed by atoms with E-state index in [1.54, 1.807) is 0 Å². The Balaban J connectivity index is 0.00000155. The highest BCUT2D eigenvalue weighted by Crippen LogP contribution is 2.37.